The lowest BCUT2D eigenvalue weighted by molar-refractivity contribution is 0.124. The molecule has 0 aromatic rings. The van der Waals surface area contributed by atoms with Crippen molar-refractivity contribution in [1.29, 1.82) is 0 Å². The van der Waals surface area contributed by atoms with E-state index in [4.69, 9.17) is 0 Å². The molecule has 2 N–H and O–H groups in total. The van der Waals surface area contributed by atoms with Crippen LogP contribution in [0.5, 0.6) is 0 Å². The van der Waals surface area contributed by atoms with E-state index in [2.05, 4.69) is 12.2 Å². The predicted octanol–water partition coefficient (Wildman–Crippen LogP) is 1.74. The van der Waals surface area contributed by atoms with E-state index < -0.39 is 0 Å². The molecule has 0 amide bonds. The molecule has 3 heteroatoms. The van der Waals surface area contributed by atoms with E-state index in [1.807, 2.05) is 25.6 Å². The average molecular weight is 205 g/mol. The van der Waals surface area contributed by atoms with Gasteiger partial charge in [-0.15, -0.1) is 0 Å². The molecule has 0 spiro atoms. The first-order valence-corrected chi connectivity index (χ1v) is 6.30. The maximum Gasteiger partial charge on any atom is 0.0687 e. The van der Waals surface area contributed by atoms with Crippen LogP contribution in [0.1, 0.15) is 27.2 Å². The molecule has 0 aromatic carbocycles. The van der Waals surface area contributed by atoms with Gasteiger partial charge in [-0.2, -0.15) is 11.8 Å². The zero-order valence-electron chi connectivity index (χ0n) is 9.05. The first kappa shape index (κ1) is 13.3. The van der Waals surface area contributed by atoms with E-state index in [0.29, 0.717) is 5.92 Å². The highest BCUT2D eigenvalue weighted by Crippen LogP contribution is 2.01. The number of aliphatic hydroxyl groups is 1. The van der Waals surface area contributed by atoms with Crippen LogP contribution in [0.3, 0.4) is 0 Å². The zero-order valence-corrected chi connectivity index (χ0v) is 9.86. The minimum absolute atomic E-state index is 0.196. The maximum atomic E-state index is 9.46. The van der Waals surface area contributed by atoms with E-state index in [1.165, 1.54) is 17.9 Å². The Hall–Kier alpha value is 0.270. The fourth-order valence-corrected chi connectivity index (χ4v) is 1.57. The number of thioether (sulfide) groups is 1. The summed E-state index contributed by atoms with van der Waals surface area (Å²) in [6.45, 7) is 8.02. The zero-order chi connectivity index (χ0) is 10.1. The van der Waals surface area contributed by atoms with Crippen LogP contribution in [0, 0.1) is 5.92 Å². The van der Waals surface area contributed by atoms with Crippen LogP contribution in [0.4, 0.5) is 0 Å². The van der Waals surface area contributed by atoms with Crippen molar-refractivity contribution in [2.75, 3.05) is 24.6 Å². The second kappa shape index (κ2) is 8.85. The third-order valence-electron chi connectivity index (χ3n) is 1.97. The molecule has 0 aliphatic rings. The Kier molecular flexibility index (Phi) is 9.03. The highest BCUT2D eigenvalue weighted by molar-refractivity contribution is 7.99. The lowest BCUT2D eigenvalue weighted by Crippen LogP contribution is -2.31. The van der Waals surface area contributed by atoms with Crippen LogP contribution in [0.2, 0.25) is 0 Å². The van der Waals surface area contributed by atoms with Crippen LogP contribution in [0.25, 0.3) is 0 Å². The molecule has 1 unspecified atom stereocenters. The van der Waals surface area contributed by atoms with Crippen molar-refractivity contribution in [2.24, 2.45) is 5.92 Å². The van der Waals surface area contributed by atoms with Gasteiger partial charge >= 0.3 is 0 Å². The van der Waals surface area contributed by atoms with Gasteiger partial charge in [0.15, 0.2) is 0 Å². The molecule has 0 rings (SSSR count). The minimum atomic E-state index is -0.196. The number of rotatable bonds is 8. The molecule has 0 fully saturated rings. The summed E-state index contributed by atoms with van der Waals surface area (Å²) in [6.07, 6.45) is 1.00. The van der Waals surface area contributed by atoms with Crippen molar-refractivity contribution in [1.82, 2.24) is 5.32 Å². The molecule has 13 heavy (non-hydrogen) atoms. The fraction of sp³-hybridized carbons (Fsp3) is 1.00. The van der Waals surface area contributed by atoms with E-state index in [1.54, 1.807) is 0 Å². The second-order valence-electron chi connectivity index (χ2n) is 3.57. The molecule has 0 bridgehead atoms. The highest BCUT2D eigenvalue weighted by atomic mass is 32.2. The first-order valence-electron chi connectivity index (χ1n) is 5.15. The van der Waals surface area contributed by atoms with Crippen LogP contribution >= 0.6 is 11.8 Å². The van der Waals surface area contributed by atoms with Crippen molar-refractivity contribution < 1.29 is 5.11 Å². The van der Waals surface area contributed by atoms with E-state index in [0.717, 1.165) is 13.1 Å². The SMILES string of the molecule is CCSCCCNCC(O)C(C)C. The number of nitrogens with one attached hydrogen (secondary N) is 1. The molecule has 0 aliphatic carbocycles. The van der Waals surface area contributed by atoms with E-state index in [9.17, 15) is 5.11 Å². The topological polar surface area (TPSA) is 32.3 Å². The summed E-state index contributed by atoms with van der Waals surface area (Å²) < 4.78 is 0. The molecular weight excluding hydrogens is 182 g/mol. The number of aliphatic hydroxyl groups excluding tert-OH is 1. The van der Waals surface area contributed by atoms with Gasteiger partial charge in [-0.3, -0.25) is 0 Å². The highest BCUT2D eigenvalue weighted by Gasteiger charge is 2.06. The Morgan fingerprint density at radius 2 is 2.08 bits per heavy atom. The van der Waals surface area contributed by atoms with Crippen molar-refractivity contribution in [3.63, 3.8) is 0 Å². The van der Waals surface area contributed by atoms with Crippen LogP contribution in [-0.2, 0) is 0 Å². The van der Waals surface area contributed by atoms with Gasteiger partial charge in [-0.25, -0.2) is 0 Å². The summed E-state index contributed by atoms with van der Waals surface area (Å²) in [7, 11) is 0. The van der Waals surface area contributed by atoms with Crippen molar-refractivity contribution in [2.45, 2.75) is 33.3 Å². The van der Waals surface area contributed by atoms with Gasteiger partial charge in [0.05, 0.1) is 6.10 Å². The quantitative estimate of drug-likeness (QED) is 0.592. The van der Waals surface area contributed by atoms with Crippen molar-refractivity contribution in [3.05, 3.63) is 0 Å². The van der Waals surface area contributed by atoms with Gasteiger partial charge in [0.25, 0.3) is 0 Å². The van der Waals surface area contributed by atoms with E-state index in [-0.39, 0.29) is 6.10 Å². The Morgan fingerprint density at radius 3 is 2.62 bits per heavy atom. The van der Waals surface area contributed by atoms with E-state index >= 15 is 0 Å². The van der Waals surface area contributed by atoms with Gasteiger partial charge in [0, 0.05) is 6.54 Å². The molecule has 2 nitrogen and oxygen atoms in total. The molecule has 0 heterocycles. The van der Waals surface area contributed by atoms with Gasteiger partial charge < -0.3 is 10.4 Å². The fourth-order valence-electron chi connectivity index (χ4n) is 0.929. The van der Waals surface area contributed by atoms with Crippen LogP contribution in [0.15, 0.2) is 0 Å². The Morgan fingerprint density at radius 1 is 1.38 bits per heavy atom. The Bertz CT molecular complexity index is 109. The summed E-state index contributed by atoms with van der Waals surface area (Å²) in [5, 5.41) is 12.7. The minimum Gasteiger partial charge on any atom is -0.392 e. The van der Waals surface area contributed by atoms with Gasteiger partial charge in [-0.05, 0) is 30.4 Å². The third kappa shape index (κ3) is 8.60. The normalized spacial score (nSPS) is 13.6. The number of hydrogen-bond acceptors (Lipinski definition) is 3. The molecule has 1 atom stereocenters. The summed E-state index contributed by atoms with van der Waals surface area (Å²) in [4.78, 5) is 0. The molecule has 80 valence electrons. The Labute approximate surface area is 86.5 Å². The standard InChI is InChI=1S/C10H23NOS/c1-4-13-7-5-6-11-8-10(12)9(2)3/h9-12H,4-8H2,1-3H3. The molecule has 0 aromatic heterocycles. The monoisotopic (exact) mass is 205 g/mol. The summed E-state index contributed by atoms with van der Waals surface area (Å²) in [5.74, 6) is 2.79. The molecular formula is C10H23NOS. The largest absolute Gasteiger partial charge is 0.392 e. The van der Waals surface area contributed by atoms with Gasteiger partial charge in [-0.1, -0.05) is 20.8 Å². The van der Waals surface area contributed by atoms with Crippen molar-refractivity contribution >= 4 is 11.8 Å². The lowest BCUT2D eigenvalue weighted by Gasteiger charge is -2.14. The van der Waals surface area contributed by atoms with Crippen LogP contribution in [-0.4, -0.2) is 35.8 Å². The third-order valence-corrected chi connectivity index (χ3v) is 2.95. The van der Waals surface area contributed by atoms with Gasteiger partial charge in [0.1, 0.15) is 0 Å². The summed E-state index contributed by atoms with van der Waals surface area (Å²) in [5.41, 5.74) is 0. The maximum absolute atomic E-state index is 9.46. The Balaban J connectivity index is 3.07. The number of hydrogen-bond donors (Lipinski definition) is 2. The predicted molar refractivity (Wildman–Crippen MR) is 61.3 cm³/mol. The average Bonchev–Trinajstić information content (AvgIpc) is 2.10. The van der Waals surface area contributed by atoms with Gasteiger partial charge in [0.2, 0.25) is 0 Å². The second-order valence-corrected chi connectivity index (χ2v) is 4.96. The molecule has 0 aliphatic heterocycles. The molecule has 0 saturated heterocycles. The first-order chi connectivity index (χ1) is 6.18. The summed E-state index contributed by atoms with van der Waals surface area (Å²) in [6, 6.07) is 0. The lowest BCUT2D eigenvalue weighted by atomic mass is 10.1. The molecule has 0 saturated carbocycles. The van der Waals surface area contributed by atoms with Crippen LogP contribution < -0.4 is 5.32 Å². The van der Waals surface area contributed by atoms with Crippen molar-refractivity contribution in [3.8, 4) is 0 Å². The summed E-state index contributed by atoms with van der Waals surface area (Å²) >= 11 is 1.97. The smallest absolute Gasteiger partial charge is 0.0687 e. The molecule has 0 radical (unpaired) electrons.